The minimum Gasteiger partial charge on any atom is -0.465 e. The maximum absolute atomic E-state index is 11.0. The molecular weight excluding hydrogens is 156 g/mol. The molecule has 0 radical (unpaired) electrons. The fourth-order valence-electron chi connectivity index (χ4n) is 0.712. The zero-order chi connectivity index (χ0) is 8.97. The Labute approximate surface area is 69.9 Å². The monoisotopic (exact) mass is 164 g/mol. The van der Waals surface area contributed by atoms with Gasteiger partial charge in [-0.25, -0.2) is 4.79 Å². The highest BCUT2D eigenvalue weighted by atomic mass is 16.5. The second-order valence-corrected chi connectivity index (χ2v) is 2.06. The molecule has 1 rings (SSSR count). The molecule has 0 aliphatic rings. The molecule has 0 aliphatic heterocycles. The summed E-state index contributed by atoms with van der Waals surface area (Å²) in [6, 6.07) is 1.56. The quantitative estimate of drug-likeness (QED) is 0.609. The Morgan fingerprint density at radius 2 is 2.50 bits per heavy atom. The SMILES string of the molecule is C=Cc1cc(C(=O)OC)cnn1. The van der Waals surface area contributed by atoms with Gasteiger partial charge in [-0.1, -0.05) is 6.58 Å². The Bertz CT molecular complexity index is 310. The molecule has 12 heavy (non-hydrogen) atoms. The van der Waals surface area contributed by atoms with Crippen LogP contribution >= 0.6 is 0 Å². The summed E-state index contributed by atoms with van der Waals surface area (Å²) in [5.41, 5.74) is 0.931. The van der Waals surface area contributed by atoms with Gasteiger partial charge in [0.2, 0.25) is 0 Å². The van der Waals surface area contributed by atoms with Gasteiger partial charge in [-0.3, -0.25) is 0 Å². The molecule has 0 spiro atoms. The van der Waals surface area contributed by atoms with E-state index < -0.39 is 5.97 Å². The van der Waals surface area contributed by atoms with Gasteiger partial charge in [-0.05, 0) is 12.1 Å². The van der Waals surface area contributed by atoms with E-state index in [2.05, 4.69) is 21.5 Å². The minimum absolute atomic E-state index is 0.377. The fraction of sp³-hybridized carbons (Fsp3) is 0.125. The van der Waals surface area contributed by atoms with E-state index >= 15 is 0 Å². The standard InChI is InChI=1S/C8H8N2O2/c1-3-7-4-6(5-9-10-7)8(11)12-2/h3-5H,1H2,2H3. The van der Waals surface area contributed by atoms with Crippen LogP contribution in [-0.4, -0.2) is 23.3 Å². The molecule has 4 nitrogen and oxygen atoms in total. The third kappa shape index (κ3) is 1.66. The van der Waals surface area contributed by atoms with Gasteiger partial charge >= 0.3 is 5.97 Å². The first-order chi connectivity index (χ1) is 5.77. The van der Waals surface area contributed by atoms with E-state index in [1.165, 1.54) is 19.4 Å². The maximum atomic E-state index is 11.0. The van der Waals surface area contributed by atoms with Crippen molar-refractivity contribution in [2.24, 2.45) is 0 Å². The Hall–Kier alpha value is -1.71. The molecule has 1 heterocycles. The molecule has 0 aromatic carbocycles. The van der Waals surface area contributed by atoms with Crippen LogP contribution < -0.4 is 0 Å². The van der Waals surface area contributed by atoms with E-state index in [9.17, 15) is 4.79 Å². The van der Waals surface area contributed by atoms with Gasteiger partial charge in [0.1, 0.15) is 0 Å². The number of esters is 1. The largest absolute Gasteiger partial charge is 0.465 e. The summed E-state index contributed by atoms with van der Waals surface area (Å²) >= 11 is 0. The maximum Gasteiger partial charge on any atom is 0.339 e. The van der Waals surface area contributed by atoms with Crippen LogP contribution in [0.2, 0.25) is 0 Å². The van der Waals surface area contributed by atoms with Crippen molar-refractivity contribution in [3.8, 4) is 0 Å². The number of aromatic nitrogens is 2. The third-order valence-corrected chi connectivity index (χ3v) is 1.30. The van der Waals surface area contributed by atoms with Gasteiger partial charge in [0.05, 0.1) is 24.6 Å². The molecule has 0 unspecified atom stereocenters. The summed E-state index contributed by atoms with van der Waals surface area (Å²) < 4.78 is 4.49. The molecule has 1 aromatic rings. The van der Waals surface area contributed by atoms with Crippen LogP contribution in [0.4, 0.5) is 0 Å². The number of carbonyl (C=O) groups excluding carboxylic acids is 1. The first-order valence-electron chi connectivity index (χ1n) is 3.31. The number of hydrogen-bond donors (Lipinski definition) is 0. The van der Waals surface area contributed by atoms with Crippen molar-refractivity contribution in [2.75, 3.05) is 7.11 Å². The van der Waals surface area contributed by atoms with Crippen LogP contribution in [-0.2, 0) is 4.74 Å². The second kappa shape index (κ2) is 3.61. The molecule has 0 saturated carbocycles. The van der Waals surface area contributed by atoms with Crippen molar-refractivity contribution in [1.29, 1.82) is 0 Å². The van der Waals surface area contributed by atoms with Crippen molar-refractivity contribution in [3.63, 3.8) is 0 Å². The molecule has 0 amide bonds. The normalized spacial score (nSPS) is 9.08. The molecule has 0 bridgehead atoms. The van der Waals surface area contributed by atoms with E-state index in [1.54, 1.807) is 6.07 Å². The van der Waals surface area contributed by atoms with Gasteiger partial charge in [-0.2, -0.15) is 10.2 Å². The topological polar surface area (TPSA) is 52.1 Å². The van der Waals surface area contributed by atoms with Gasteiger partial charge < -0.3 is 4.74 Å². The zero-order valence-electron chi connectivity index (χ0n) is 6.65. The van der Waals surface area contributed by atoms with E-state index in [0.717, 1.165) is 0 Å². The Kier molecular flexibility index (Phi) is 2.53. The lowest BCUT2D eigenvalue weighted by molar-refractivity contribution is 0.0600. The summed E-state index contributed by atoms with van der Waals surface area (Å²) in [7, 11) is 1.32. The number of ether oxygens (including phenoxy) is 1. The Morgan fingerprint density at radius 3 is 3.08 bits per heavy atom. The van der Waals surface area contributed by atoms with Crippen molar-refractivity contribution in [1.82, 2.24) is 10.2 Å². The second-order valence-electron chi connectivity index (χ2n) is 2.06. The van der Waals surface area contributed by atoms with Crippen LogP contribution in [0, 0.1) is 0 Å². The van der Waals surface area contributed by atoms with Gasteiger partial charge in [-0.15, -0.1) is 0 Å². The third-order valence-electron chi connectivity index (χ3n) is 1.30. The van der Waals surface area contributed by atoms with E-state index in [-0.39, 0.29) is 0 Å². The summed E-state index contributed by atoms with van der Waals surface area (Å²) in [4.78, 5) is 11.0. The molecule has 0 N–H and O–H groups in total. The fourth-order valence-corrected chi connectivity index (χ4v) is 0.712. The highest BCUT2D eigenvalue weighted by molar-refractivity contribution is 5.89. The average molecular weight is 164 g/mol. The van der Waals surface area contributed by atoms with Crippen molar-refractivity contribution in [2.45, 2.75) is 0 Å². The predicted molar refractivity (Wildman–Crippen MR) is 43.5 cm³/mol. The number of hydrogen-bond acceptors (Lipinski definition) is 4. The zero-order valence-corrected chi connectivity index (χ0v) is 6.65. The molecule has 4 heteroatoms. The highest BCUT2D eigenvalue weighted by Crippen LogP contribution is 2.01. The summed E-state index contributed by atoms with van der Waals surface area (Å²) in [6.45, 7) is 3.50. The number of methoxy groups -OCH3 is 1. The van der Waals surface area contributed by atoms with Crippen LogP contribution in [0.1, 0.15) is 16.1 Å². The first-order valence-corrected chi connectivity index (χ1v) is 3.31. The van der Waals surface area contributed by atoms with Gasteiger partial charge in [0.25, 0.3) is 0 Å². The van der Waals surface area contributed by atoms with Crippen molar-refractivity contribution in [3.05, 3.63) is 30.1 Å². The average Bonchev–Trinajstić information content (AvgIpc) is 2.17. The van der Waals surface area contributed by atoms with Crippen LogP contribution in [0.15, 0.2) is 18.8 Å². The summed E-state index contributed by atoms with van der Waals surface area (Å²) in [6.07, 6.45) is 2.86. The molecule has 0 saturated heterocycles. The Balaban J connectivity index is 3.01. The predicted octanol–water partition coefficient (Wildman–Crippen LogP) is 0.906. The molecule has 0 aliphatic carbocycles. The lowest BCUT2D eigenvalue weighted by atomic mass is 10.2. The number of rotatable bonds is 2. The van der Waals surface area contributed by atoms with E-state index in [0.29, 0.717) is 11.3 Å². The molecule has 62 valence electrons. The highest BCUT2D eigenvalue weighted by Gasteiger charge is 2.05. The lowest BCUT2D eigenvalue weighted by Gasteiger charge is -1.97. The van der Waals surface area contributed by atoms with E-state index in [4.69, 9.17) is 0 Å². The lowest BCUT2D eigenvalue weighted by Crippen LogP contribution is -2.03. The van der Waals surface area contributed by atoms with Crippen LogP contribution in [0.3, 0.4) is 0 Å². The minimum atomic E-state index is -0.423. The molecule has 0 atom stereocenters. The van der Waals surface area contributed by atoms with Gasteiger partial charge in [0, 0.05) is 0 Å². The number of carbonyl (C=O) groups is 1. The van der Waals surface area contributed by atoms with E-state index in [1.807, 2.05) is 0 Å². The van der Waals surface area contributed by atoms with Crippen molar-refractivity contribution >= 4 is 12.0 Å². The smallest absolute Gasteiger partial charge is 0.339 e. The molecular formula is C8H8N2O2. The number of nitrogens with zero attached hydrogens (tertiary/aromatic N) is 2. The first kappa shape index (κ1) is 8.39. The summed E-state index contributed by atoms with van der Waals surface area (Å²) in [5, 5.41) is 7.30. The van der Waals surface area contributed by atoms with Crippen LogP contribution in [0.25, 0.3) is 6.08 Å². The molecule has 0 fully saturated rings. The van der Waals surface area contributed by atoms with Gasteiger partial charge in [0.15, 0.2) is 0 Å². The Morgan fingerprint density at radius 1 is 1.75 bits per heavy atom. The summed E-state index contributed by atoms with van der Waals surface area (Å²) in [5.74, 6) is -0.423. The molecule has 1 aromatic heterocycles. The van der Waals surface area contributed by atoms with Crippen molar-refractivity contribution < 1.29 is 9.53 Å². The van der Waals surface area contributed by atoms with Crippen LogP contribution in [0.5, 0.6) is 0 Å².